The van der Waals surface area contributed by atoms with Crippen LogP contribution in [0.15, 0.2) is 88.3 Å². The van der Waals surface area contributed by atoms with Crippen LogP contribution in [0.25, 0.3) is 16.0 Å². The number of aryl methyl sites for hydroxylation is 4. The molecule has 0 spiro atoms. The molecule has 1 aliphatic rings. The van der Waals surface area contributed by atoms with Gasteiger partial charge in [0.2, 0.25) is 5.91 Å². The normalized spacial score (nSPS) is 13.7. The first-order valence-electron chi connectivity index (χ1n) is 19.5. The molecular formula is C44H49ClN6O5S. The average molecular weight is 809 g/mol. The number of hydrogen-bond acceptors (Lipinski definition) is 10. The third-order valence-electron chi connectivity index (χ3n) is 9.94. The van der Waals surface area contributed by atoms with Crippen LogP contribution in [0.5, 0.6) is 0 Å². The Morgan fingerprint density at radius 2 is 1.58 bits per heavy atom. The van der Waals surface area contributed by atoms with Crippen molar-refractivity contribution in [3.63, 3.8) is 0 Å². The minimum absolute atomic E-state index is 0.123. The summed E-state index contributed by atoms with van der Waals surface area (Å²) in [6.07, 6.45) is 1.97. The molecule has 2 N–H and O–H groups in total. The Hall–Kier alpha value is -4.69. The van der Waals surface area contributed by atoms with Gasteiger partial charge in [-0.15, -0.1) is 21.5 Å². The highest BCUT2D eigenvalue weighted by Crippen LogP contribution is 2.39. The van der Waals surface area contributed by atoms with E-state index in [9.17, 15) is 4.79 Å². The molecule has 0 unspecified atom stereocenters. The van der Waals surface area contributed by atoms with E-state index in [2.05, 4.69) is 83.2 Å². The number of hydrogen-bond donors (Lipinski definition) is 2. The van der Waals surface area contributed by atoms with E-state index >= 15 is 0 Å². The van der Waals surface area contributed by atoms with Gasteiger partial charge in [0, 0.05) is 52.5 Å². The van der Waals surface area contributed by atoms with E-state index in [1.165, 1.54) is 16.0 Å². The monoisotopic (exact) mass is 808 g/mol. The molecule has 1 amide bonds. The molecule has 0 radical (unpaired) electrons. The smallest absolute Gasteiger partial charge is 0.222 e. The van der Waals surface area contributed by atoms with Crippen LogP contribution < -0.4 is 10.6 Å². The van der Waals surface area contributed by atoms with Crippen LogP contribution in [0.1, 0.15) is 62.6 Å². The Balaban J connectivity index is 0.759. The summed E-state index contributed by atoms with van der Waals surface area (Å²) in [6.45, 7) is 10.8. The minimum atomic E-state index is -0.523. The van der Waals surface area contributed by atoms with E-state index in [-0.39, 0.29) is 12.3 Å². The maximum Gasteiger partial charge on any atom is 0.222 e. The zero-order chi connectivity index (χ0) is 39.6. The molecule has 0 saturated heterocycles. The van der Waals surface area contributed by atoms with Gasteiger partial charge >= 0.3 is 0 Å². The maximum atomic E-state index is 13.2. The quantitative estimate of drug-likeness (QED) is 0.0754. The first kappa shape index (κ1) is 40.5. The van der Waals surface area contributed by atoms with Gasteiger partial charge in [-0.1, -0.05) is 66.2 Å². The van der Waals surface area contributed by atoms with Crippen LogP contribution in [0, 0.1) is 20.8 Å². The van der Waals surface area contributed by atoms with Crippen molar-refractivity contribution in [2.75, 3.05) is 52.7 Å². The highest BCUT2D eigenvalue weighted by molar-refractivity contribution is 7.15. The molecule has 57 heavy (non-hydrogen) atoms. The molecule has 0 bridgehead atoms. The summed E-state index contributed by atoms with van der Waals surface area (Å²) >= 11 is 7.91. The molecule has 7 rings (SSSR count). The van der Waals surface area contributed by atoms with Crippen LogP contribution >= 0.6 is 22.9 Å². The van der Waals surface area contributed by atoms with Gasteiger partial charge in [0.15, 0.2) is 5.82 Å². The number of aromatic nitrogens is 3. The van der Waals surface area contributed by atoms with Gasteiger partial charge in [0.25, 0.3) is 0 Å². The number of carbonyl (C=O) groups excluding carboxylic acids is 1. The van der Waals surface area contributed by atoms with Crippen LogP contribution in [0.4, 0.5) is 0 Å². The lowest BCUT2D eigenvalue weighted by atomic mass is 9.99. The third-order valence-corrected chi connectivity index (χ3v) is 11.4. The maximum absolute atomic E-state index is 13.2. The summed E-state index contributed by atoms with van der Waals surface area (Å²) in [5.74, 6) is 2.27. The molecule has 298 valence electrons. The Morgan fingerprint density at radius 3 is 2.35 bits per heavy atom. The second-order valence-electron chi connectivity index (χ2n) is 14.0. The van der Waals surface area contributed by atoms with Crippen molar-refractivity contribution >= 4 is 45.5 Å². The number of nitrogens with zero attached hydrogens (tertiary/aromatic N) is 4. The lowest BCUT2D eigenvalue weighted by Gasteiger charge is -2.13. The summed E-state index contributed by atoms with van der Waals surface area (Å²) in [4.78, 5) is 19.5. The SMILES string of the molecule is Cc1sc2c(c1C)C(c1ccc(Cl)cc1)=N[C@@H](CC(=O)NCCOCCOCCOCCNCc1ccc3cc(CCc4ccccc4)oc3c1)c1nnc(C)n1-2. The molecule has 3 aromatic carbocycles. The van der Waals surface area contributed by atoms with Crippen molar-refractivity contribution in [2.24, 2.45) is 4.99 Å². The predicted octanol–water partition coefficient (Wildman–Crippen LogP) is 7.68. The Labute approximate surface area is 342 Å². The number of benzene rings is 3. The molecule has 4 heterocycles. The van der Waals surface area contributed by atoms with Crippen LogP contribution in [0.3, 0.4) is 0 Å². The zero-order valence-electron chi connectivity index (χ0n) is 32.7. The number of nitrogens with one attached hydrogen (secondary N) is 2. The van der Waals surface area contributed by atoms with E-state index in [1.807, 2.05) is 41.8 Å². The number of aliphatic imine (C=N–C) groups is 1. The van der Waals surface area contributed by atoms with Gasteiger partial charge in [-0.25, -0.2) is 0 Å². The van der Waals surface area contributed by atoms with E-state index < -0.39 is 6.04 Å². The van der Waals surface area contributed by atoms with Crippen LogP contribution in [-0.4, -0.2) is 79.1 Å². The Bertz CT molecular complexity index is 2280. The fraction of sp³-hybridized carbons (Fsp3) is 0.364. The number of thiophene rings is 1. The van der Waals surface area contributed by atoms with Gasteiger partial charge in [-0.3, -0.25) is 14.4 Å². The number of furan rings is 1. The molecule has 11 nitrogen and oxygen atoms in total. The highest BCUT2D eigenvalue weighted by atomic mass is 35.5. The molecule has 6 aromatic rings. The number of rotatable bonds is 20. The summed E-state index contributed by atoms with van der Waals surface area (Å²) in [5, 5.41) is 18.1. The summed E-state index contributed by atoms with van der Waals surface area (Å²) in [6, 6.07) is 26.1. The van der Waals surface area contributed by atoms with E-state index in [0.29, 0.717) is 57.0 Å². The van der Waals surface area contributed by atoms with Crippen LogP contribution in [0.2, 0.25) is 5.02 Å². The summed E-state index contributed by atoms with van der Waals surface area (Å²) in [7, 11) is 0. The number of carbonyl (C=O) groups is 1. The predicted molar refractivity (Wildman–Crippen MR) is 225 cm³/mol. The number of halogens is 1. The fourth-order valence-corrected chi connectivity index (χ4v) is 8.18. The second-order valence-corrected chi connectivity index (χ2v) is 15.7. The fourth-order valence-electron chi connectivity index (χ4n) is 6.84. The second kappa shape index (κ2) is 19.6. The standard InChI is InChI=1S/C44H49ClN6O5S/c1-29-30(2)57-44-41(29)42(34-12-14-36(45)15-13-34)48-38(43-50-49-31(3)51(43)44)27-40(52)47-18-20-54-22-24-55-23-21-53-19-17-46-28-33-9-11-35-26-37(56-39(35)25-33)16-10-32-7-5-4-6-8-32/h4-9,11-15,25-26,38,46H,10,16-24,27-28H2,1-3H3,(H,47,52)/t38-/m0/s1. The molecule has 1 atom stereocenters. The molecule has 0 fully saturated rings. The van der Waals surface area contributed by atoms with Gasteiger partial charge in [0.1, 0.15) is 28.2 Å². The summed E-state index contributed by atoms with van der Waals surface area (Å²) < 4.78 is 25.2. The largest absolute Gasteiger partial charge is 0.461 e. The van der Waals surface area contributed by atoms with Gasteiger partial charge < -0.3 is 29.3 Å². The minimum Gasteiger partial charge on any atom is -0.461 e. The van der Waals surface area contributed by atoms with E-state index in [0.717, 1.165) is 75.9 Å². The van der Waals surface area contributed by atoms with Crippen molar-refractivity contribution < 1.29 is 23.4 Å². The van der Waals surface area contributed by atoms with Crippen molar-refractivity contribution in [2.45, 2.75) is 52.6 Å². The topological polar surface area (TPSA) is 125 Å². The molecule has 3 aromatic heterocycles. The molecule has 13 heteroatoms. The number of ether oxygens (including phenoxy) is 3. The van der Waals surface area contributed by atoms with Crippen molar-refractivity contribution in [1.82, 2.24) is 25.4 Å². The van der Waals surface area contributed by atoms with E-state index in [1.54, 1.807) is 11.3 Å². The van der Waals surface area contributed by atoms with Crippen LogP contribution in [-0.2, 0) is 38.4 Å². The van der Waals surface area contributed by atoms with Crippen molar-refractivity contribution in [3.05, 3.63) is 134 Å². The number of fused-ring (bicyclic) bond motifs is 4. The summed E-state index contributed by atoms with van der Waals surface area (Å²) in [5.41, 5.74) is 7.35. The molecule has 0 saturated carbocycles. The molecular weight excluding hydrogens is 760 g/mol. The third kappa shape index (κ3) is 10.4. The lowest BCUT2D eigenvalue weighted by Crippen LogP contribution is -2.29. The Kier molecular flexibility index (Phi) is 14.0. The average Bonchev–Trinajstić information content (AvgIpc) is 3.87. The van der Waals surface area contributed by atoms with Gasteiger partial charge in [-0.05, 0) is 68.1 Å². The number of amides is 1. The van der Waals surface area contributed by atoms with Crippen molar-refractivity contribution in [1.29, 1.82) is 0 Å². The molecule has 1 aliphatic heterocycles. The van der Waals surface area contributed by atoms with Gasteiger partial charge in [0.05, 0.1) is 51.8 Å². The first-order valence-corrected chi connectivity index (χ1v) is 20.7. The van der Waals surface area contributed by atoms with Crippen molar-refractivity contribution in [3.8, 4) is 5.00 Å². The Morgan fingerprint density at radius 1 is 0.842 bits per heavy atom. The van der Waals surface area contributed by atoms with Gasteiger partial charge in [-0.2, -0.15) is 0 Å². The highest BCUT2D eigenvalue weighted by Gasteiger charge is 2.32. The lowest BCUT2D eigenvalue weighted by molar-refractivity contribution is -0.121. The first-order chi connectivity index (χ1) is 27.8. The van der Waals surface area contributed by atoms with E-state index in [4.69, 9.17) is 35.2 Å². The molecule has 0 aliphatic carbocycles. The zero-order valence-corrected chi connectivity index (χ0v) is 34.3.